The van der Waals surface area contributed by atoms with E-state index in [1.54, 1.807) is 23.1 Å². The van der Waals surface area contributed by atoms with Crippen molar-refractivity contribution in [3.8, 4) is 5.75 Å². The third kappa shape index (κ3) is 2.81. The highest BCUT2D eigenvalue weighted by atomic mass is 16.5. The molecular formula is C14H20N2O3. The molecule has 19 heavy (non-hydrogen) atoms. The maximum Gasteiger partial charge on any atom is 0.257 e. The molecule has 0 unspecified atom stereocenters. The fourth-order valence-corrected chi connectivity index (χ4v) is 2.47. The normalized spacial score (nSPS) is 23.2. The molecule has 1 aromatic rings. The highest BCUT2D eigenvalue weighted by molar-refractivity contribution is 5.98. The predicted molar refractivity (Wildman–Crippen MR) is 73.3 cm³/mol. The Labute approximate surface area is 113 Å². The first-order valence-electron chi connectivity index (χ1n) is 6.40. The highest BCUT2D eigenvalue weighted by Crippen LogP contribution is 2.27. The smallest absolute Gasteiger partial charge is 0.257 e. The van der Waals surface area contributed by atoms with Crippen LogP contribution in [-0.2, 0) is 4.74 Å². The van der Waals surface area contributed by atoms with Gasteiger partial charge in [-0.15, -0.1) is 0 Å². The molecule has 2 rings (SSSR count). The lowest BCUT2D eigenvalue weighted by atomic mass is 10.1. The van der Waals surface area contributed by atoms with E-state index in [0.717, 1.165) is 0 Å². The zero-order valence-corrected chi connectivity index (χ0v) is 11.6. The van der Waals surface area contributed by atoms with E-state index < -0.39 is 0 Å². The number of hydrogen-bond acceptors (Lipinski definition) is 4. The van der Waals surface area contributed by atoms with Crippen LogP contribution in [0.1, 0.15) is 24.2 Å². The molecule has 0 aromatic heterocycles. The summed E-state index contributed by atoms with van der Waals surface area (Å²) in [6.07, 6.45) is 0.0829. The number of amides is 1. The number of hydrogen-bond donors (Lipinski definition) is 1. The average molecular weight is 264 g/mol. The molecule has 1 heterocycles. The monoisotopic (exact) mass is 264 g/mol. The number of anilines is 1. The summed E-state index contributed by atoms with van der Waals surface area (Å²) in [4.78, 5) is 14.3. The molecule has 0 aliphatic carbocycles. The summed E-state index contributed by atoms with van der Waals surface area (Å²) in [6.45, 7) is 5.10. The molecule has 104 valence electrons. The van der Waals surface area contributed by atoms with Crippen LogP contribution in [0.5, 0.6) is 5.75 Å². The van der Waals surface area contributed by atoms with Crippen molar-refractivity contribution in [2.45, 2.75) is 26.1 Å². The van der Waals surface area contributed by atoms with Gasteiger partial charge < -0.3 is 20.1 Å². The summed E-state index contributed by atoms with van der Waals surface area (Å²) >= 11 is 0. The zero-order valence-electron chi connectivity index (χ0n) is 11.6. The number of carbonyl (C=O) groups is 1. The van der Waals surface area contributed by atoms with Crippen molar-refractivity contribution in [2.75, 3.05) is 25.9 Å². The first-order valence-corrected chi connectivity index (χ1v) is 6.40. The third-order valence-electron chi connectivity index (χ3n) is 3.19. The van der Waals surface area contributed by atoms with E-state index in [4.69, 9.17) is 15.2 Å². The molecule has 1 fully saturated rings. The average Bonchev–Trinajstić information content (AvgIpc) is 2.36. The van der Waals surface area contributed by atoms with Crippen LogP contribution < -0.4 is 10.5 Å². The number of methoxy groups -OCH3 is 1. The van der Waals surface area contributed by atoms with Crippen LogP contribution in [0.2, 0.25) is 0 Å². The Kier molecular flexibility index (Phi) is 3.95. The van der Waals surface area contributed by atoms with E-state index in [-0.39, 0.29) is 18.1 Å². The minimum atomic E-state index is -0.0637. The van der Waals surface area contributed by atoms with Crippen LogP contribution in [0.4, 0.5) is 5.69 Å². The van der Waals surface area contributed by atoms with Gasteiger partial charge in [-0.3, -0.25) is 4.79 Å². The van der Waals surface area contributed by atoms with Crippen LogP contribution in [0, 0.1) is 0 Å². The molecule has 5 nitrogen and oxygen atoms in total. The number of rotatable bonds is 2. The standard InChI is InChI=1S/C14H20N2O3/c1-9-7-16(8-10(2)19-9)14(17)11-5-4-6-12(15)13(11)18-3/h4-6,9-10H,7-8,15H2,1-3H3/t9-,10+. The number of morpholine rings is 1. The lowest BCUT2D eigenvalue weighted by molar-refractivity contribution is -0.0586. The van der Waals surface area contributed by atoms with E-state index in [1.807, 2.05) is 13.8 Å². The van der Waals surface area contributed by atoms with Crippen molar-refractivity contribution in [3.05, 3.63) is 23.8 Å². The molecule has 0 radical (unpaired) electrons. The van der Waals surface area contributed by atoms with Gasteiger partial charge in [-0.05, 0) is 26.0 Å². The van der Waals surface area contributed by atoms with Crippen LogP contribution in [-0.4, -0.2) is 43.2 Å². The van der Waals surface area contributed by atoms with Crippen LogP contribution >= 0.6 is 0 Å². The maximum atomic E-state index is 12.6. The summed E-state index contributed by atoms with van der Waals surface area (Å²) in [5.74, 6) is 0.380. The van der Waals surface area contributed by atoms with Crippen molar-refractivity contribution in [1.29, 1.82) is 0 Å². The highest BCUT2D eigenvalue weighted by Gasteiger charge is 2.28. The molecule has 1 amide bonds. The first-order chi connectivity index (χ1) is 9.02. The predicted octanol–water partition coefficient (Wildman–Crippen LogP) is 1.53. The van der Waals surface area contributed by atoms with Crippen LogP contribution in [0.25, 0.3) is 0 Å². The van der Waals surface area contributed by atoms with Crippen molar-refractivity contribution in [1.82, 2.24) is 4.90 Å². The van der Waals surface area contributed by atoms with Crippen molar-refractivity contribution < 1.29 is 14.3 Å². The Hall–Kier alpha value is -1.75. The van der Waals surface area contributed by atoms with Gasteiger partial charge >= 0.3 is 0 Å². The van der Waals surface area contributed by atoms with Gasteiger partial charge in [-0.1, -0.05) is 6.07 Å². The largest absolute Gasteiger partial charge is 0.494 e. The summed E-state index contributed by atoms with van der Waals surface area (Å²) in [5.41, 5.74) is 6.81. The van der Waals surface area contributed by atoms with E-state index >= 15 is 0 Å². The summed E-state index contributed by atoms with van der Waals surface area (Å²) in [6, 6.07) is 5.22. The van der Waals surface area contributed by atoms with Gasteiger partial charge in [0.2, 0.25) is 0 Å². The second-order valence-corrected chi connectivity index (χ2v) is 4.90. The van der Waals surface area contributed by atoms with E-state index in [9.17, 15) is 4.79 Å². The fraction of sp³-hybridized carbons (Fsp3) is 0.500. The van der Waals surface area contributed by atoms with E-state index in [2.05, 4.69) is 0 Å². The summed E-state index contributed by atoms with van der Waals surface area (Å²) in [7, 11) is 1.52. The Bertz CT molecular complexity index is 466. The van der Waals surface area contributed by atoms with Crippen molar-refractivity contribution in [3.63, 3.8) is 0 Å². The molecule has 1 saturated heterocycles. The van der Waals surface area contributed by atoms with Gasteiger partial charge in [0.25, 0.3) is 5.91 Å². The quantitative estimate of drug-likeness (QED) is 0.823. The molecule has 0 saturated carbocycles. The Balaban J connectivity index is 2.26. The number of carbonyl (C=O) groups excluding carboxylic acids is 1. The van der Waals surface area contributed by atoms with Gasteiger partial charge in [0.15, 0.2) is 5.75 Å². The molecular weight excluding hydrogens is 244 g/mol. The molecule has 5 heteroatoms. The molecule has 1 aliphatic rings. The van der Waals surface area contributed by atoms with Crippen LogP contribution in [0.3, 0.4) is 0 Å². The number of nitrogen functional groups attached to an aromatic ring is 1. The minimum absolute atomic E-state index is 0.0414. The van der Waals surface area contributed by atoms with Gasteiger partial charge in [0.1, 0.15) is 0 Å². The molecule has 1 aliphatic heterocycles. The van der Waals surface area contributed by atoms with Gasteiger partial charge in [-0.25, -0.2) is 0 Å². The minimum Gasteiger partial charge on any atom is -0.494 e. The van der Waals surface area contributed by atoms with E-state index in [0.29, 0.717) is 30.1 Å². The Morgan fingerprint density at radius 3 is 2.58 bits per heavy atom. The molecule has 2 N–H and O–H groups in total. The second-order valence-electron chi connectivity index (χ2n) is 4.90. The number of para-hydroxylation sites is 1. The summed E-state index contributed by atoms with van der Waals surface area (Å²) < 4.78 is 10.9. The molecule has 1 aromatic carbocycles. The topological polar surface area (TPSA) is 64.8 Å². The SMILES string of the molecule is COc1c(N)cccc1C(=O)N1C[C@@H](C)O[C@@H](C)C1. The van der Waals surface area contributed by atoms with Gasteiger partial charge in [0, 0.05) is 13.1 Å². The second kappa shape index (κ2) is 5.48. The van der Waals surface area contributed by atoms with Gasteiger partial charge in [0.05, 0.1) is 30.6 Å². The Morgan fingerprint density at radius 1 is 1.37 bits per heavy atom. The van der Waals surface area contributed by atoms with Crippen molar-refractivity contribution in [2.24, 2.45) is 0 Å². The molecule has 0 bridgehead atoms. The number of benzene rings is 1. The number of ether oxygens (including phenoxy) is 2. The van der Waals surface area contributed by atoms with Crippen LogP contribution in [0.15, 0.2) is 18.2 Å². The fourth-order valence-electron chi connectivity index (χ4n) is 2.47. The van der Waals surface area contributed by atoms with Gasteiger partial charge in [-0.2, -0.15) is 0 Å². The lowest BCUT2D eigenvalue weighted by Gasteiger charge is -2.35. The molecule has 2 atom stereocenters. The Morgan fingerprint density at radius 2 is 2.00 bits per heavy atom. The van der Waals surface area contributed by atoms with E-state index in [1.165, 1.54) is 7.11 Å². The van der Waals surface area contributed by atoms with Crippen molar-refractivity contribution >= 4 is 11.6 Å². The number of nitrogens with two attached hydrogens (primary N) is 1. The zero-order chi connectivity index (χ0) is 14.0. The lowest BCUT2D eigenvalue weighted by Crippen LogP contribution is -2.48. The summed E-state index contributed by atoms with van der Waals surface area (Å²) in [5, 5.41) is 0. The maximum absolute atomic E-state index is 12.6. The molecule has 0 spiro atoms. The number of nitrogens with zero attached hydrogens (tertiary/aromatic N) is 1. The first kappa shape index (κ1) is 13.7. The third-order valence-corrected chi connectivity index (χ3v) is 3.19.